The number of aromatic nitrogens is 3. The van der Waals surface area contributed by atoms with E-state index in [2.05, 4.69) is 39.2 Å². The minimum absolute atomic E-state index is 0.0413. The molecule has 5 aromatic rings. The molecule has 1 N–H and O–H groups in total. The quantitative estimate of drug-likeness (QED) is 0.176. The summed E-state index contributed by atoms with van der Waals surface area (Å²) in [5.41, 5.74) is 4.66. The van der Waals surface area contributed by atoms with Gasteiger partial charge in [-0.25, -0.2) is 28.0 Å². The molecule has 1 fully saturated rings. The summed E-state index contributed by atoms with van der Waals surface area (Å²) in [5, 5.41) is -0.499. The predicted molar refractivity (Wildman–Crippen MR) is 198 cm³/mol. The molecule has 0 spiro atoms. The van der Waals surface area contributed by atoms with E-state index in [1.54, 1.807) is 52.1 Å². The van der Waals surface area contributed by atoms with Crippen molar-refractivity contribution in [2.24, 2.45) is 5.92 Å². The summed E-state index contributed by atoms with van der Waals surface area (Å²) in [7, 11) is -4.34. The number of nitrogens with zero attached hydrogens (tertiary/aromatic N) is 4. The van der Waals surface area contributed by atoms with E-state index < -0.39 is 45.1 Å². The number of carbonyl (C=O) groups is 3. The van der Waals surface area contributed by atoms with E-state index in [4.69, 9.17) is 9.47 Å². The summed E-state index contributed by atoms with van der Waals surface area (Å²) in [6, 6.07) is 24.1. The van der Waals surface area contributed by atoms with Gasteiger partial charge in [0, 0.05) is 31.1 Å². The van der Waals surface area contributed by atoms with Crippen LogP contribution in [0.5, 0.6) is 0 Å². The molecule has 13 heteroatoms. The third kappa shape index (κ3) is 7.25. The predicted octanol–water partition coefficient (Wildman–Crippen LogP) is 7.07. The molecule has 0 unspecified atom stereocenters. The van der Waals surface area contributed by atoms with E-state index in [1.807, 2.05) is 24.3 Å². The molecule has 2 aliphatic rings. The molecule has 2 amide bonds. The molecule has 0 radical (unpaired) electrons. The Balaban J connectivity index is 1.13. The largest absolute Gasteiger partial charge is 0.448 e. The van der Waals surface area contributed by atoms with Crippen LogP contribution in [-0.4, -0.2) is 78.1 Å². The van der Waals surface area contributed by atoms with E-state index in [-0.39, 0.29) is 41.2 Å². The number of Topliss-reactive ketones (excluding diaryl/α,β-unsaturated/α-hetero) is 1. The van der Waals surface area contributed by atoms with Crippen LogP contribution in [0.1, 0.15) is 56.2 Å². The first-order chi connectivity index (χ1) is 25.3. The lowest BCUT2D eigenvalue weighted by Crippen LogP contribution is -2.47. The van der Waals surface area contributed by atoms with Crippen LogP contribution in [0.2, 0.25) is 0 Å². The number of nitrogens with one attached hydrogen (secondary N) is 1. The first-order valence-corrected chi connectivity index (χ1v) is 19.1. The molecule has 2 aromatic heterocycles. The van der Waals surface area contributed by atoms with Crippen molar-refractivity contribution in [3.63, 3.8) is 0 Å². The van der Waals surface area contributed by atoms with Crippen molar-refractivity contribution < 1.29 is 32.3 Å². The number of piperidine rings is 1. The van der Waals surface area contributed by atoms with E-state index in [9.17, 15) is 22.8 Å². The Kier molecular flexibility index (Phi) is 9.54. The number of benzene rings is 3. The number of ketones is 1. The van der Waals surface area contributed by atoms with Gasteiger partial charge in [0.15, 0.2) is 17.2 Å². The van der Waals surface area contributed by atoms with Crippen LogP contribution in [0.4, 0.5) is 15.4 Å². The summed E-state index contributed by atoms with van der Waals surface area (Å²) in [6.45, 7) is 6.85. The summed E-state index contributed by atoms with van der Waals surface area (Å²) in [5.74, 6) is -1.48. The minimum Gasteiger partial charge on any atom is -0.448 e. The number of hydrogen-bond donors (Lipinski definition) is 1. The van der Waals surface area contributed by atoms with Gasteiger partial charge in [0.1, 0.15) is 17.7 Å². The standard InChI is InChI=1S/C40H41N5O7S/c1-25-11-9-13-27(21-25)53(49,50)37-36(42-33-18-19-41-35(33)43-37)45(39(48)52-40(2,3)4)23-34(46)26-12-10-20-44(22-26)38(47)51-24-32-30-16-7-5-14-28(30)29-15-6-8-17-31(29)32/h5-9,11,13-19,21,26,32H,10,12,20,22-24H2,1-4H3,(H,41,43)/t26-/m1/s1. The van der Waals surface area contributed by atoms with E-state index in [0.29, 0.717) is 30.5 Å². The van der Waals surface area contributed by atoms with Crippen molar-refractivity contribution in [1.29, 1.82) is 0 Å². The highest BCUT2D eigenvalue weighted by Gasteiger charge is 2.38. The smallest absolute Gasteiger partial charge is 0.416 e. The fraction of sp³-hybridized carbons (Fsp3) is 0.325. The number of fused-ring (bicyclic) bond motifs is 4. The number of aryl methyl sites for hydroxylation is 1. The SMILES string of the molecule is Cc1cccc(S(=O)(=O)c2nc3[nH]ccc3nc2N(CC(=O)[C@@H]2CCCN(C(=O)OCC3c4ccccc4-c4ccccc43)C2)C(=O)OC(C)(C)C)c1. The number of rotatable bonds is 8. The fourth-order valence-electron chi connectivity index (χ4n) is 7.01. The zero-order valence-electron chi connectivity index (χ0n) is 30.0. The van der Waals surface area contributed by atoms with Crippen LogP contribution in [0.3, 0.4) is 0 Å². The van der Waals surface area contributed by atoms with Crippen molar-refractivity contribution in [2.45, 2.75) is 62.0 Å². The van der Waals surface area contributed by atoms with Gasteiger partial charge in [-0.1, -0.05) is 60.7 Å². The second kappa shape index (κ2) is 14.1. The molecule has 3 heterocycles. The van der Waals surface area contributed by atoms with Crippen LogP contribution in [0.25, 0.3) is 22.3 Å². The first-order valence-electron chi connectivity index (χ1n) is 17.6. The molecule has 0 saturated carbocycles. The minimum atomic E-state index is -4.34. The normalized spacial score (nSPS) is 15.8. The molecule has 1 aliphatic heterocycles. The maximum atomic E-state index is 14.1. The number of likely N-dealkylation sites (tertiary alicyclic amines) is 1. The van der Waals surface area contributed by atoms with E-state index >= 15 is 0 Å². The van der Waals surface area contributed by atoms with E-state index in [0.717, 1.165) is 27.2 Å². The van der Waals surface area contributed by atoms with Crippen LogP contribution in [0.15, 0.2) is 95.0 Å². The van der Waals surface area contributed by atoms with Crippen LogP contribution in [-0.2, 0) is 24.1 Å². The number of aromatic amines is 1. The highest BCUT2D eigenvalue weighted by molar-refractivity contribution is 7.91. The van der Waals surface area contributed by atoms with Crippen LogP contribution >= 0.6 is 0 Å². The third-order valence-corrected chi connectivity index (χ3v) is 11.2. The topological polar surface area (TPSA) is 152 Å². The fourth-order valence-corrected chi connectivity index (χ4v) is 8.44. The summed E-state index contributed by atoms with van der Waals surface area (Å²) < 4.78 is 39.9. The molecule has 1 saturated heterocycles. The van der Waals surface area contributed by atoms with E-state index in [1.165, 1.54) is 17.0 Å². The lowest BCUT2D eigenvalue weighted by molar-refractivity contribution is -0.123. The zero-order valence-corrected chi connectivity index (χ0v) is 30.9. The number of anilines is 1. The van der Waals surface area contributed by atoms with Gasteiger partial charge in [-0.05, 0) is 86.6 Å². The molecule has 53 heavy (non-hydrogen) atoms. The third-order valence-electron chi connectivity index (χ3n) is 9.54. The Labute approximate surface area is 308 Å². The molecule has 7 rings (SSSR count). The molecular weight excluding hydrogens is 695 g/mol. The maximum Gasteiger partial charge on any atom is 0.416 e. The second-order valence-corrected chi connectivity index (χ2v) is 16.4. The van der Waals surface area contributed by atoms with Gasteiger partial charge in [-0.15, -0.1) is 0 Å². The summed E-state index contributed by atoms with van der Waals surface area (Å²) in [6.07, 6.45) is 1.07. The number of amides is 2. The van der Waals surface area contributed by atoms with Gasteiger partial charge >= 0.3 is 12.2 Å². The van der Waals surface area contributed by atoms with Crippen LogP contribution < -0.4 is 4.90 Å². The first kappa shape index (κ1) is 35.8. The number of H-pyrrole nitrogens is 1. The van der Waals surface area contributed by atoms with Crippen molar-refractivity contribution in [2.75, 3.05) is 31.1 Å². The van der Waals surface area contributed by atoms with Crippen molar-refractivity contribution in [3.8, 4) is 11.1 Å². The highest BCUT2D eigenvalue weighted by Crippen LogP contribution is 2.44. The Hall–Kier alpha value is -5.56. The maximum absolute atomic E-state index is 14.1. The molecule has 274 valence electrons. The Bertz CT molecular complexity index is 2290. The van der Waals surface area contributed by atoms with Gasteiger partial charge in [0.2, 0.25) is 14.9 Å². The summed E-state index contributed by atoms with van der Waals surface area (Å²) >= 11 is 0. The number of sulfone groups is 1. The van der Waals surface area contributed by atoms with Gasteiger partial charge in [-0.2, -0.15) is 0 Å². The average Bonchev–Trinajstić information content (AvgIpc) is 3.73. The van der Waals surface area contributed by atoms with Gasteiger partial charge in [0.05, 0.1) is 11.4 Å². The lowest BCUT2D eigenvalue weighted by Gasteiger charge is -2.33. The van der Waals surface area contributed by atoms with Gasteiger partial charge in [-0.3, -0.25) is 9.69 Å². The Morgan fingerprint density at radius 1 is 0.943 bits per heavy atom. The second-order valence-electron chi connectivity index (χ2n) is 14.5. The number of ether oxygens (including phenoxy) is 2. The molecule has 1 aliphatic carbocycles. The Morgan fingerprint density at radius 2 is 1.64 bits per heavy atom. The monoisotopic (exact) mass is 735 g/mol. The van der Waals surface area contributed by atoms with Crippen molar-refractivity contribution >= 4 is 44.8 Å². The molecular formula is C40H41N5O7S. The molecule has 1 atom stereocenters. The molecule has 3 aromatic carbocycles. The molecule has 12 nitrogen and oxygen atoms in total. The Morgan fingerprint density at radius 3 is 2.32 bits per heavy atom. The average molecular weight is 736 g/mol. The highest BCUT2D eigenvalue weighted by atomic mass is 32.2. The zero-order chi connectivity index (χ0) is 37.5. The summed E-state index contributed by atoms with van der Waals surface area (Å²) in [4.78, 5) is 55.8. The van der Waals surface area contributed by atoms with Crippen molar-refractivity contribution in [1.82, 2.24) is 19.9 Å². The molecule has 0 bridgehead atoms. The lowest BCUT2D eigenvalue weighted by atomic mass is 9.93. The van der Waals surface area contributed by atoms with Crippen molar-refractivity contribution in [3.05, 3.63) is 102 Å². The number of carbonyl (C=O) groups excluding carboxylic acids is 3. The number of hydrogen-bond acceptors (Lipinski definition) is 9. The van der Waals surface area contributed by atoms with Crippen LogP contribution in [0, 0.1) is 12.8 Å². The van der Waals surface area contributed by atoms with Gasteiger partial charge < -0.3 is 19.4 Å². The van der Waals surface area contributed by atoms with Gasteiger partial charge in [0.25, 0.3) is 0 Å².